The molecule has 2 aromatic rings. The summed E-state index contributed by atoms with van der Waals surface area (Å²) < 4.78 is 16.0. The molecule has 0 heterocycles. The largest absolute Gasteiger partial charge is 0.495 e. The molecule has 2 aromatic carbocycles. The highest BCUT2D eigenvalue weighted by molar-refractivity contribution is 6.32. The number of carbonyl (C=O) groups excluding carboxylic acids is 1. The smallest absolute Gasteiger partial charge is 0.243 e. The summed E-state index contributed by atoms with van der Waals surface area (Å²) in [6, 6.07) is 10.6. The first-order valence-corrected chi connectivity index (χ1v) is 8.52. The standard InChI is InChI=1S/C19H23ClN2O4/c1-12(2)26-14-7-5-13(6-8-14)21-11-19(23)22-16-10-17(24-3)15(20)9-18(16)25-4/h5-10,12,21H,11H2,1-4H3,(H,22,23). The predicted octanol–water partition coefficient (Wildman–Crippen LogP) is 4.20. The fourth-order valence-electron chi connectivity index (χ4n) is 2.26. The van der Waals surface area contributed by atoms with E-state index in [9.17, 15) is 4.79 Å². The van der Waals surface area contributed by atoms with E-state index >= 15 is 0 Å². The maximum absolute atomic E-state index is 12.2. The summed E-state index contributed by atoms with van der Waals surface area (Å²) >= 11 is 6.06. The predicted molar refractivity (Wildman–Crippen MR) is 104 cm³/mol. The zero-order valence-corrected chi connectivity index (χ0v) is 16.0. The van der Waals surface area contributed by atoms with Crippen LogP contribution in [0.25, 0.3) is 0 Å². The van der Waals surface area contributed by atoms with Crippen LogP contribution in [0, 0.1) is 0 Å². The molecule has 0 spiro atoms. The Morgan fingerprint density at radius 1 is 1.08 bits per heavy atom. The molecule has 0 radical (unpaired) electrons. The molecule has 2 N–H and O–H groups in total. The van der Waals surface area contributed by atoms with E-state index in [1.165, 1.54) is 14.2 Å². The van der Waals surface area contributed by atoms with E-state index in [2.05, 4.69) is 10.6 Å². The molecule has 0 aliphatic heterocycles. The SMILES string of the molecule is COc1cc(NC(=O)CNc2ccc(OC(C)C)cc2)c(OC)cc1Cl. The summed E-state index contributed by atoms with van der Waals surface area (Å²) in [6.45, 7) is 4.03. The Morgan fingerprint density at radius 3 is 2.31 bits per heavy atom. The first kappa shape index (κ1) is 19.7. The first-order valence-electron chi connectivity index (χ1n) is 8.15. The number of carbonyl (C=O) groups is 1. The minimum Gasteiger partial charge on any atom is -0.495 e. The molecule has 140 valence electrons. The Hall–Kier alpha value is -2.60. The van der Waals surface area contributed by atoms with Crippen LogP contribution in [-0.2, 0) is 4.79 Å². The fraction of sp³-hybridized carbons (Fsp3) is 0.316. The minimum atomic E-state index is -0.227. The van der Waals surface area contributed by atoms with Gasteiger partial charge in [-0.15, -0.1) is 0 Å². The molecule has 2 rings (SSSR count). The Bertz CT molecular complexity index is 748. The number of amides is 1. The van der Waals surface area contributed by atoms with Crippen molar-refractivity contribution < 1.29 is 19.0 Å². The Balaban J connectivity index is 1.96. The van der Waals surface area contributed by atoms with Gasteiger partial charge < -0.3 is 24.8 Å². The van der Waals surface area contributed by atoms with E-state index in [1.54, 1.807) is 12.1 Å². The highest BCUT2D eigenvalue weighted by Gasteiger charge is 2.12. The molecule has 0 aromatic heterocycles. The van der Waals surface area contributed by atoms with Gasteiger partial charge in [-0.2, -0.15) is 0 Å². The molecule has 6 nitrogen and oxygen atoms in total. The topological polar surface area (TPSA) is 68.8 Å². The molecule has 0 saturated heterocycles. The summed E-state index contributed by atoms with van der Waals surface area (Å²) in [5.74, 6) is 1.47. The summed E-state index contributed by atoms with van der Waals surface area (Å²) in [4.78, 5) is 12.2. The monoisotopic (exact) mass is 378 g/mol. The number of hydrogen-bond acceptors (Lipinski definition) is 5. The van der Waals surface area contributed by atoms with Crippen LogP contribution in [0.5, 0.6) is 17.2 Å². The summed E-state index contributed by atoms with van der Waals surface area (Å²) in [6.07, 6.45) is 0.117. The van der Waals surface area contributed by atoms with E-state index in [1.807, 2.05) is 38.1 Å². The maximum atomic E-state index is 12.2. The lowest BCUT2D eigenvalue weighted by atomic mass is 10.2. The van der Waals surface area contributed by atoms with Crippen LogP contribution in [0.15, 0.2) is 36.4 Å². The van der Waals surface area contributed by atoms with Gasteiger partial charge in [-0.1, -0.05) is 11.6 Å². The summed E-state index contributed by atoms with van der Waals surface area (Å²) in [5, 5.41) is 6.24. The van der Waals surface area contributed by atoms with Gasteiger partial charge in [0.1, 0.15) is 17.2 Å². The Labute approximate surface area is 158 Å². The molecular weight excluding hydrogens is 356 g/mol. The lowest BCUT2D eigenvalue weighted by molar-refractivity contribution is -0.114. The van der Waals surface area contributed by atoms with Gasteiger partial charge in [0.25, 0.3) is 0 Å². The number of rotatable bonds is 8. The lowest BCUT2D eigenvalue weighted by Gasteiger charge is -2.14. The molecule has 0 aliphatic carbocycles. The van der Waals surface area contributed by atoms with Crippen LogP contribution in [0.1, 0.15) is 13.8 Å². The van der Waals surface area contributed by atoms with Crippen LogP contribution >= 0.6 is 11.6 Å². The van der Waals surface area contributed by atoms with Crippen molar-refractivity contribution in [2.75, 3.05) is 31.4 Å². The van der Waals surface area contributed by atoms with Crippen molar-refractivity contribution in [2.45, 2.75) is 20.0 Å². The number of methoxy groups -OCH3 is 2. The molecule has 0 aliphatic rings. The quantitative estimate of drug-likeness (QED) is 0.720. The lowest BCUT2D eigenvalue weighted by Crippen LogP contribution is -2.22. The van der Waals surface area contributed by atoms with Gasteiger partial charge in [-0.25, -0.2) is 0 Å². The Morgan fingerprint density at radius 2 is 1.73 bits per heavy atom. The van der Waals surface area contributed by atoms with Gasteiger partial charge in [-0.3, -0.25) is 4.79 Å². The van der Waals surface area contributed by atoms with Crippen molar-refractivity contribution in [3.05, 3.63) is 41.4 Å². The van der Waals surface area contributed by atoms with Crippen LogP contribution < -0.4 is 24.8 Å². The zero-order chi connectivity index (χ0) is 19.1. The molecule has 0 atom stereocenters. The van der Waals surface area contributed by atoms with Crippen LogP contribution in [0.2, 0.25) is 5.02 Å². The van der Waals surface area contributed by atoms with Crippen LogP contribution in [-0.4, -0.2) is 32.8 Å². The van der Waals surface area contributed by atoms with E-state index in [0.717, 1.165) is 11.4 Å². The first-order chi connectivity index (χ1) is 12.4. The molecule has 1 amide bonds. The number of anilines is 2. The second-order valence-corrected chi connectivity index (χ2v) is 6.19. The molecular formula is C19H23ClN2O4. The van der Waals surface area contributed by atoms with Gasteiger partial charge >= 0.3 is 0 Å². The van der Waals surface area contributed by atoms with Gasteiger partial charge in [0.05, 0.1) is 37.6 Å². The molecule has 0 unspecified atom stereocenters. The number of ether oxygens (including phenoxy) is 3. The molecule has 0 fully saturated rings. The highest BCUT2D eigenvalue weighted by Crippen LogP contribution is 2.35. The average Bonchev–Trinajstić information content (AvgIpc) is 2.61. The van der Waals surface area contributed by atoms with E-state index in [4.69, 9.17) is 25.8 Å². The van der Waals surface area contributed by atoms with Gasteiger partial charge in [0.2, 0.25) is 5.91 Å². The molecule has 0 saturated carbocycles. The average molecular weight is 379 g/mol. The highest BCUT2D eigenvalue weighted by atomic mass is 35.5. The van der Waals surface area contributed by atoms with E-state index in [-0.39, 0.29) is 18.6 Å². The number of nitrogens with one attached hydrogen (secondary N) is 2. The number of hydrogen-bond donors (Lipinski definition) is 2. The fourth-order valence-corrected chi connectivity index (χ4v) is 2.49. The number of benzene rings is 2. The van der Waals surface area contributed by atoms with Crippen molar-refractivity contribution in [3.63, 3.8) is 0 Å². The van der Waals surface area contributed by atoms with Crippen molar-refractivity contribution in [1.29, 1.82) is 0 Å². The minimum absolute atomic E-state index is 0.0957. The van der Waals surface area contributed by atoms with Gasteiger partial charge in [0.15, 0.2) is 0 Å². The molecule has 26 heavy (non-hydrogen) atoms. The summed E-state index contributed by atoms with van der Waals surface area (Å²) in [5.41, 5.74) is 1.30. The van der Waals surface area contributed by atoms with Crippen molar-refractivity contribution in [1.82, 2.24) is 0 Å². The molecule has 7 heteroatoms. The van der Waals surface area contributed by atoms with Crippen LogP contribution in [0.4, 0.5) is 11.4 Å². The van der Waals surface area contributed by atoms with Crippen molar-refractivity contribution >= 4 is 28.9 Å². The third-order valence-corrected chi connectivity index (χ3v) is 3.72. The maximum Gasteiger partial charge on any atom is 0.243 e. The van der Waals surface area contributed by atoms with Gasteiger partial charge in [-0.05, 0) is 38.1 Å². The van der Waals surface area contributed by atoms with E-state index < -0.39 is 0 Å². The van der Waals surface area contributed by atoms with E-state index in [0.29, 0.717) is 22.2 Å². The van der Waals surface area contributed by atoms with Crippen LogP contribution in [0.3, 0.4) is 0 Å². The van der Waals surface area contributed by atoms with Crippen molar-refractivity contribution in [2.24, 2.45) is 0 Å². The second kappa shape index (κ2) is 9.20. The second-order valence-electron chi connectivity index (χ2n) is 5.78. The molecule has 0 bridgehead atoms. The van der Waals surface area contributed by atoms with Gasteiger partial charge in [0, 0.05) is 17.8 Å². The number of halogens is 1. The third kappa shape index (κ3) is 5.46. The summed E-state index contributed by atoms with van der Waals surface area (Å²) in [7, 11) is 3.01. The Kier molecular flexibility index (Phi) is 6.97. The van der Waals surface area contributed by atoms with Crippen molar-refractivity contribution in [3.8, 4) is 17.2 Å². The normalized spacial score (nSPS) is 10.4. The third-order valence-electron chi connectivity index (χ3n) is 3.43. The zero-order valence-electron chi connectivity index (χ0n) is 15.3.